The largest absolute Gasteiger partial charge is 0.481 e. The zero-order valence-corrected chi connectivity index (χ0v) is 18.8. The van der Waals surface area contributed by atoms with Gasteiger partial charge in [-0.05, 0) is 47.5 Å². The van der Waals surface area contributed by atoms with Gasteiger partial charge in [0.15, 0.2) is 0 Å². The Morgan fingerprint density at radius 2 is 1.67 bits per heavy atom. The first-order chi connectivity index (χ1) is 15.9. The van der Waals surface area contributed by atoms with E-state index in [1.807, 2.05) is 35.2 Å². The van der Waals surface area contributed by atoms with Gasteiger partial charge >= 0.3 is 0 Å². The summed E-state index contributed by atoms with van der Waals surface area (Å²) in [5, 5.41) is 0. The van der Waals surface area contributed by atoms with Crippen molar-refractivity contribution in [2.45, 2.75) is 6.04 Å². The second-order valence-electron chi connectivity index (χ2n) is 7.16. The van der Waals surface area contributed by atoms with Crippen molar-refractivity contribution in [3.05, 3.63) is 96.7 Å². The van der Waals surface area contributed by atoms with E-state index >= 15 is 0 Å². The molecule has 0 aliphatic carbocycles. The fourth-order valence-corrected chi connectivity index (χ4v) is 3.91. The van der Waals surface area contributed by atoms with Crippen LogP contribution in [0, 0.1) is 0 Å². The Balaban J connectivity index is 1.91. The number of anilines is 3. The summed E-state index contributed by atoms with van der Waals surface area (Å²) >= 11 is 0. The Labute approximate surface area is 192 Å². The summed E-state index contributed by atoms with van der Waals surface area (Å²) in [7, 11) is -1.93. The van der Waals surface area contributed by atoms with Gasteiger partial charge in [0, 0.05) is 30.9 Å². The predicted octanol–water partition coefficient (Wildman–Crippen LogP) is 3.57. The molecular weight excluding hydrogens is 440 g/mol. The molecule has 0 spiro atoms. The number of pyridine rings is 4. The van der Waals surface area contributed by atoms with Crippen LogP contribution in [0.15, 0.2) is 85.6 Å². The van der Waals surface area contributed by atoms with E-state index < -0.39 is 10.0 Å². The standard InChI is InChI=1S/C23H22N6O3S/c1-32-22-11-10-18(15-26-22)23(17-6-4-12-24-14-17)29(19-7-5-13-25-16-19)21-9-3-8-20(27-21)28-33(2,30)31/h3-16,23H,1-2H3,(H,27,28). The molecule has 1 atom stereocenters. The van der Waals surface area contributed by atoms with Crippen molar-refractivity contribution in [2.75, 3.05) is 23.0 Å². The van der Waals surface area contributed by atoms with Gasteiger partial charge in [0.1, 0.15) is 11.6 Å². The number of hydrogen-bond donors (Lipinski definition) is 1. The highest BCUT2D eigenvalue weighted by atomic mass is 32.2. The molecule has 4 aromatic rings. The Hall–Kier alpha value is -4.05. The lowest BCUT2D eigenvalue weighted by Crippen LogP contribution is -2.26. The van der Waals surface area contributed by atoms with Crippen LogP contribution in [0.2, 0.25) is 0 Å². The second-order valence-corrected chi connectivity index (χ2v) is 8.91. The van der Waals surface area contributed by atoms with Crippen molar-refractivity contribution in [3.63, 3.8) is 0 Å². The van der Waals surface area contributed by atoms with Crippen molar-refractivity contribution in [3.8, 4) is 5.88 Å². The summed E-state index contributed by atoms with van der Waals surface area (Å²) in [6.07, 6.45) is 9.70. The van der Waals surface area contributed by atoms with E-state index in [1.165, 1.54) is 0 Å². The fourth-order valence-electron chi connectivity index (χ4n) is 3.42. The van der Waals surface area contributed by atoms with Crippen LogP contribution in [-0.4, -0.2) is 41.7 Å². The molecule has 0 saturated carbocycles. The zero-order chi connectivity index (χ0) is 23.3. The summed E-state index contributed by atoms with van der Waals surface area (Å²) in [6, 6.07) is 16.0. The van der Waals surface area contributed by atoms with Crippen LogP contribution in [0.5, 0.6) is 5.88 Å². The molecule has 0 fully saturated rings. The van der Waals surface area contributed by atoms with E-state index in [0.29, 0.717) is 11.7 Å². The minimum Gasteiger partial charge on any atom is -0.481 e. The molecule has 0 aromatic carbocycles. The van der Waals surface area contributed by atoms with Crippen LogP contribution in [-0.2, 0) is 10.0 Å². The number of ether oxygens (including phenoxy) is 1. The number of sulfonamides is 1. The summed E-state index contributed by atoms with van der Waals surface area (Å²) < 4.78 is 31.2. The van der Waals surface area contributed by atoms with Gasteiger partial charge in [0.05, 0.1) is 31.3 Å². The Morgan fingerprint density at radius 3 is 2.27 bits per heavy atom. The monoisotopic (exact) mass is 462 g/mol. The Bertz CT molecular complexity index is 1300. The highest BCUT2D eigenvalue weighted by molar-refractivity contribution is 7.92. The average Bonchev–Trinajstić information content (AvgIpc) is 2.83. The quantitative estimate of drug-likeness (QED) is 0.423. The Kier molecular flexibility index (Phi) is 6.45. The SMILES string of the molecule is COc1ccc(C(c2cccnc2)N(c2cccnc2)c2cccc(NS(C)(=O)=O)n2)cn1. The minimum absolute atomic E-state index is 0.210. The van der Waals surface area contributed by atoms with Crippen molar-refractivity contribution in [2.24, 2.45) is 0 Å². The highest BCUT2D eigenvalue weighted by Gasteiger charge is 2.27. The predicted molar refractivity (Wildman–Crippen MR) is 126 cm³/mol. The summed E-state index contributed by atoms with van der Waals surface area (Å²) in [5.74, 6) is 1.22. The van der Waals surface area contributed by atoms with Gasteiger partial charge in [-0.3, -0.25) is 14.7 Å². The molecule has 4 heterocycles. The van der Waals surface area contributed by atoms with Crippen molar-refractivity contribution >= 4 is 27.3 Å². The zero-order valence-electron chi connectivity index (χ0n) is 18.0. The highest BCUT2D eigenvalue weighted by Crippen LogP contribution is 2.38. The molecule has 1 unspecified atom stereocenters. The lowest BCUT2D eigenvalue weighted by molar-refractivity contribution is 0.397. The van der Waals surface area contributed by atoms with E-state index in [4.69, 9.17) is 4.74 Å². The van der Waals surface area contributed by atoms with E-state index in [9.17, 15) is 8.42 Å². The third-order valence-electron chi connectivity index (χ3n) is 4.74. The maximum Gasteiger partial charge on any atom is 0.230 e. The maximum absolute atomic E-state index is 11.8. The van der Waals surface area contributed by atoms with Crippen LogP contribution in [0.1, 0.15) is 17.2 Å². The number of hydrogen-bond acceptors (Lipinski definition) is 8. The molecule has 9 nitrogen and oxygen atoms in total. The molecular formula is C23H22N6O3S. The molecule has 10 heteroatoms. The molecule has 0 radical (unpaired) electrons. The minimum atomic E-state index is -3.49. The van der Waals surface area contributed by atoms with Gasteiger partial charge in [0.25, 0.3) is 0 Å². The molecule has 1 N–H and O–H groups in total. The Morgan fingerprint density at radius 1 is 0.909 bits per heavy atom. The summed E-state index contributed by atoms with van der Waals surface area (Å²) in [5.41, 5.74) is 2.50. The number of nitrogens with zero attached hydrogens (tertiary/aromatic N) is 5. The van der Waals surface area contributed by atoms with Crippen molar-refractivity contribution in [1.29, 1.82) is 0 Å². The first kappa shape index (κ1) is 22.2. The molecule has 4 aromatic heterocycles. The van der Waals surface area contributed by atoms with Gasteiger partial charge in [-0.1, -0.05) is 12.1 Å². The average molecular weight is 463 g/mol. The van der Waals surface area contributed by atoms with Crippen LogP contribution >= 0.6 is 0 Å². The van der Waals surface area contributed by atoms with Gasteiger partial charge in [-0.2, -0.15) is 0 Å². The van der Waals surface area contributed by atoms with Crippen molar-refractivity contribution < 1.29 is 13.2 Å². The topological polar surface area (TPSA) is 110 Å². The van der Waals surface area contributed by atoms with Crippen LogP contribution in [0.4, 0.5) is 17.3 Å². The van der Waals surface area contributed by atoms with Gasteiger partial charge in [0.2, 0.25) is 15.9 Å². The normalized spacial score (nSPS) is 12.1. The number of rotatable bonds is 8. The molecule has 0 aliphatic rings. The number of aromatic nitrogens is 4. The van der Waals surface area contributed by atoms with Gasteiger partial charge in [-0.15, -0.1) is 0 Å². The number of methoxy groups -OCH3 is 1. The van der Waals surface area contributed by atoms with Crippen LogP contribution in [0.3, 0.4) is 0 Å². The molecule has 0 amide bonds. The summed E-state index contributed by atoms with van der Waals surface area (Å²) in [6.45, 7) is 0. The fraction of sp³-hybridized carbons (Fsp3) is 0.130. The van der Waals surface area contributed by atoms with E-state index in [2.05, 4.69) is 24.7 Å². The molecule has 0 saturated heterocycles. The van der Waals surface area contributed by atoms with Gasteiger partial charge < -0.3 is 9.64 Å². The second kappa shape index (κ2) is 9.61. The molecule has 168 valence electrons. The van der Waals surface area contributed by atoms with Gasteiger partial charge in [-0.25, -0.2) is 18.4 Å². The molecule has 4 rings (SSSR count). The first-order valence-electron chi connectivity index (χ1n) is 9.98. The van der Waals surface area contributed by atoms with Crippen LogP contribution in [0.25, 0.3) is 0 Å². The van der Waals surface area contributed by atoms with Crippen LogP contribution < -0.4 is 14.4 Å². The van der Waals surface area contributed by atoms with E-state index in [-0.39, 0.29) is 11.9 Å². The molecule has 33 heavy (non-hydrogen) atoms. The number of nitrogens with one attached hydrogen (secondary N) is 1. The smallest absolute Gasteiger partial charge is 0.230 e. The summed E-state index contributed by atoms with van der Waals surface area (Å²) in [4.78, 5) is 19.5. The van der Waals surface area contributed by atoms with Crippen molar-refractivity contribution in [1.82, 2.24) is 19.9 Å². The third kappa shape index (κ3) is 5.42. The van der Waals surface area contributed by atoms with E-state index in [1.54, 1.807) is 62.4 Å². The molecule has 0 bridgehead atoms. The lowest BCUT2D eigenvalue weighted by Gasteiger charge is -2.33. The lowest BCUT2D eigenvalue weighted by atomic mass is 9.99. The molecule has 0 aliphatic heterocycles. The van der Waals surface area contributed by atoms with E-state index in [0.717, 1.165) is 23.1 Å². The third-order valence-corrected chi connectivity index (χ3v) is 5.32. The first-order valence-corrected chi connectivity index (χ1v) is 11.9. The maximum atomic E-state index is 11.8.